The highest BCUT2D eigenvalue weighted by atomic mass is 16.5. The number of rotatable bonds is 7. The van der Waals surface area contributed by atoms with Crippen LogP contribution in [0.25, 0.3) is 0 Å². The Labute approximate surface area is 176 Å². The van der Waals surface area contributed by atoms with Crippen LogP contribution in [0.4, 0.5) is 0 Å². The van der Waals surface area contributed by atoms with Gasteiger partial charge in [-0.2, -0.15) is 0 Å². The molecule has 0 radical (unpaired) electrons. The van der Waals surface area contributed by atoms with Crippen molar-refractivity contribution in [3.63, 3.8) is 0 Å². The number of nitrogens with one attached hydrogen (secondary N) is 2. The monoisotopic (exact) mass is 407 g/mol. The van der Waals surface area contributed by atoms with Crippen LogP contribution < -0.4 is 19.7 Å². The Morgan fingerprint density at radius 2 is 1.87 bits per heavy atom. The summed E-state index contributed by atoms with van der Waals surface area (Å²) in [6, 6.07) is 17.7. The van der Waals surface area contributed by atoms with Gasteiger partial charge in [-0.3, -0.25) is 4.79 Å². The van der Waals surface area contributed by atoms with Crippen molar-refractivity contribution in [3.8, 4) is 11.5 Å². The molecule has 0 bridgehead atoms. The van der Waals surface area contributed by atoms with E-state index in [1.165, 1.54) is 16.0 Å². The molecule has 2 atom stereocenters. The van der Waals surface area contributed by atoms with E-state index in [1.807, 2.05) is 12.1 Å². The normalized spacial score (nSPS) is 16.4. The molecule has 0 spiro atoms. The number of furan rings is 1. The summed E-state index contributed by atoms with van der Waals surface area (Å²) in [6.45, 7) is 2.39. The first-order valence-corrected chi connectivity index (χ1v) is 10.1. The zero-order valence-corrected chi connectivity index (χ0v) is 17.3. The highest BCUT2D eigenvalue weighted by Gasteiger charge is 2.30. The third-order valence-electron chi connectivity index (χ3n) is 5.74. The van der Waals surface area contributed by atoms with E-state index in [0.717, 1.165) is 25.3 Å². The molecule has 1 aliphatic heterocycles. The van der Waals surface area contributed by atoms with Gasteiger partial charge in [0.15, 0.2) is 23.3 Å². The van der Waals surface area contributed by atoms with Gasteiger partial charge >= 0.3 is 0 Å². The minimum absolute atomic E-state index is 0.0393. The first-order valence-electron chi connectivity index (χ1n) is 10.1. The molecule has 4 rings (SSSR count). The van der Waals surface area contributed by atoms with Crippen molar-refractivity contribution >= 4 is 5.91 Å². The van der Waals surface area contributed by atoms with Gasteiger partial charge in [-0.05, 0) is 35.9 Å². The molecule has 1 amide bonds. The number of ether oxygens (including phenoxy) is 2. The number of carbonyl (C=O) groups is 1. The summed E-state index contributed by atoms with van der Waals surface area (Å²) in [5.74, 6) is 1.87. The summed E-state index contributed by atoms with van der Waals surface area (Å²) in [5, 5.41) is 3.08. The van der Waals surface area contributed by atoms with E-state index in [-0.39, 0.29) is 11.9 Å². The summed E-state index contributed by atoms with van der Waals surface area (Å²) in [7, 11) is 3.13. The first-order chi connectivity index (χ1) is 14.7. The molecule has 0 fully saturated rings. The summed E-state index contributed by atoms with van der Waals surface area (Å²) in [6.07, 6.45) is 2.71. The maximum Gasteiger partial charge on any atom is 0.251 e. The van der Waals surface area contributed by atoms with E-state index >= 15 is 0 Å². The highest BCUT2D eigenvalue weighted by Crippen LogP contribution is 2.27. The number of methoxy groups -OCH3 is 2. The molecule has 0 saturated heterocycles. The average Bonchev–Trinajstić information content (AvgIpc) is 3.33. The maximum absolute atomic E-state index is 12.8. The molecule has 2 heterocycles. The molecular weight excluding hydrogens is 380 g/mol. The summed E-state index contributed by atoms with van der Waals surface area (Å²) < 4.78 is 16.3. The average molecular weight is 407 g/mol. The molecule has 1 aliphatic rings. The number of benzene rings is 2. The number of carbonyl (C=O) groups excluding carboxylic acids is 1. The quantitative estimate of drug-likeness (QED) is 0.631. The summed E-state index contributed by atoms with van der Waals surface area (Å²) in [5.41, 5.74) is 3.31. The second kappa shape index (κ2) is 9.05. The Morgan fingerprint density at radius 1 is 1.07 bits per heavy atom. The molecule has 156 valence electrons. The maximum atomic E-state index is 12.8. The Balaban J connectivity index is 1.49. The van der Waals surface area contributed by atoms with Gasteiger partial charge in [0.25, 0.3) is 5.91 Å². The fraction of sp³-hybridized carbons (Fsp3) is 0.292. The second-order valence-corrected chi connectivity index (χ2v) is 7.45. The molecule has 2 aromatic carbocycles. The lowest BCUT2D eigenvalue weighted by atomic mass is 9.98. The van der Waals surface area contributed by atoms with Crippen molar-refractivity contribution in [3.05, 3.63) is 83.3 Å². The van der Waals surface area contributed by atoms with Crippen LogP contribution in [0.3, 0.4) is 0 Å². The van der Waals surface area contributed by atoms with E-state index in [9.17, 15) is 4.79 Å². The largest absolute Gasteiger partial charge is 0.493 e. The van der Waals surface area contributed by atoms with E-state index in [1.54, 1.807) is 38.7 Å². The molecule has 1 unspecified atom stereocenters. The topological polar surface area (TPSA) is 65.1 Å². The van der Waals surface area contributed by atoms with E-state index in [0.29, 0.717) is 23.6 Å². The SMILES string of the molecule is COc1ccc(C(=O)NC[C@H](c2ccco2)[NH+]2CCc3ccccc3C2)cc1OC. The fourth-order valence-electron chi connectivity index (χ4n) is 4.11. The molecule has 3 aromatic rings. The standard InChI is InChI=1S/C24H26N2O4/c1-28-22-10-9-18(14-23(22)29-2)24(27)25-15-20(21-8-5-13-30-21)26-12-11-17-6-3-4-7-19(17)16-26/h3-10,13-14,20H,11-12,15-16H2,1-2H3,(H,25,27)/p+1/t20-/m1/s1. The second-order valence-electron chi connectivity index (χ2n) is 7.45. The molecule has 0 saturated carbocycles. The lowest BCUT2D eigenvalue weighted by Crippen LogP contribution is -3.12. The molecule has 1 aromatic heterocycles. The van der Waals surface area contributed by atoms with Gasteiger partial charge in [-0.15, -0.1) is 0 Å². The van der Waals surface area contributed by atoms with Crippen LogP contribution >= 0.6 is 0 Å². The van der Waals surface area contributed by atoms with Crippen LogP contribution in [0.1, 0.15) is 33.3 Å². The molecule has 0 aliphatic carbocycles. The third kappa shape index (κ3) is 4.19. The smallest absolute Gasteiger partial charge is 0.251 e. The van der Waals surface area contributed by atoms with Gasteiger partial charge in [0, 0.05) is 17.5 Å². The summed E-state index contributed by atoms with van der Waals surface area (Å²) >= 11 is 0. The number of fused-ring (bicyclic) bond motifs is 1. The zero-order valence-electron chi connectivity index (χ0n) is 17.3. The van der Waals surface area contributed by atoms with Crippen LogP contribution in [-0.2, 0) is 13.0 Å². The Morgan fingerprint density at radius 3 is 2.60 bits per heavy atom. The molecule has 2 N–H and O–H groups in total. The first kappa shape index (κ1) is 20.0. The fourth-order valence-corrected chi connectivity index (χ4v) is 4.11. The number of hydrogen-bond acceptors (Lipinski definition) is 4. The summed E-state index contributed by atoms with van der Waals surface area (Å²) in [4.78, 5) is 14.2. The lowest BCUT2D eigenvalue weighted by Gasteiger charge is -2.31. The highest BCUT2D eigenvalue weighted by molar-refractivity contribution is 5.94. The number of hydrogen-bond donors (Lipinski definition) is 2. The predicted molar refractivity (Wildman–Crippen MR) is 113 cm³/mol. The van der Waals surface area contributed by atoms with E-state index in [4.69, 9.17) is 13.9 Å². The van der Waals surface area contributed by atoms with Crippen molar-refractivity contribution in [1.29, 1.82) is 0 Å². The van der Waals surface area contributed by atoms with Gasteiger partial charge < -0.3 is 24.1 Å². The third-order valence-corrected chi connectivity index (χ3v) is 5.74. The van der Waals surface area contributed by atoms with Gasteiger partial charge in [-0.25, -0.2) is 0 Å². The lowest BCUT2D eigenvalue weighted by molar-refractivity contribution is -0.946. The van der Waals surface area contributed by atoms with Gasteiger partial charge in [0.2, 0.25) is 0 Å². The van der Waals surface area contributed by atoms with Crippen molar-refractivity contribution in [2.24, 2.45) is 0 Å². The van der Waals surface area contributed by atoms with Crippen molar-refractivity contribution in [1.82, 2.24) is 5.32 Å². The van der Waals surface area contributed by atoms with Gasteiger partial charge in [-0.1, -0.05) is 24.3 Å². The molecular formula is C24H27N2O4+. The van der Waals surface area contributed by atoms with Gasteiger partial charge in [0.05, 0.1) is 33.6 Å². The van der Waals surface area contributed by atoms with Crippen LogP contribution in [0.15, 0.2) is 65.3 Å². The Hall–Kier alpha value is -3.25. The van der Waals surface area contributed by atoms with E-state index < -0.39 is 0 Å². The van der Waals surface area contributed by atoms with Crippen molar-refractivity contribution in [2.45, 2.75) is 19.0 Å². The van der Waals surface area contributed by atoms with Crippen LogP contribution in [0.2, 0.25) is 0 Å². The molecule has 30 heavy (non-hydrogen) atoms. The van der Waals surface area contributed by atoms with E-state index in [2.05, 4.69) is 29.6 Å². The van der Waals surface area contributed by atoms with Crippen LogP contribution in [0.5, 0.6) is 11.5 Å². The zero-order chi connectivity index (χ0) is 20.9. The number of quaternary nitrogens is 1. The van der Waals surface area contributed by atoms with Crippen molar-refractivity contribution in [2.75, 3.05) is 27.3 Å². The Bertz CT molecular complexity index is 1000. The Kier molecular flexibility index (Phi) is 6.05. The molecule has 6 nitrogen and oxygen atoms in total. The van der Waals surface area contributed by atoms with Crippen LogP contribution in [-0.4, -0.2) is 33.2 Å². The minimum atomic E-state index is -0.149. The predicted octanol–water partition coefficient (Wildman–Crippen LogP) is 2.41. The molecule has 6 heteroatoms. The van der Waals surface area contributed by atoms with Crippen molar-refractivity contribution < 1.29 is 23.6 Å². The number of amides is 1. The van der Waals surface area contributed by atoms with Crippen LogP contribution in [0, 0.1) is 0 Å². The van der Waals surface area contributed by atoms with Gasteiger partial charge in [0.1, 0.15) is 6.54 Å². The minimum Gasteiger partial charge on any atom is -0.493 e.